The monoisotopic (exact) mass is 352 g/mol. The number of benzene rings is 1. The molecule has 0 bridgehead atoms. The van der Waals surface area contributed by atoms with Crippen LogP contribution in [0.5, 0.6) is 0 Å². The Morgan fingerprint density at radius 1 is 1.12 bits per heavy atom. The van der Waals surface area contributed by atoms with Crippen LogP contribution in [0.1, 0.15) is 11.3 Å². The molecule has 8 nitrogen and oxygen atoms in total. The summed E-state index contributed by atoms with van der Waals surface area (Å²) in [5.74, 6) is 0. The summed E-state index contributed by atoms with van der Waals surface area (Å²) in [5, 5.41) is 10.9. The number of aryl methyl sites for hydroxylation is 1. The van der Waals surface area contributed by atoms with E-state index in [0.29, 0.717) is 5.56 Å². The second-order valence-corrected chi connectivity index (χ2v) is 5.61. The Hall–Kier alpha value is -2.62. The molecule has 0 atom stereocenters. The standard InChI is InChI=1S/C14H13N2O2.CH4O4S/c1-15-11-5-4-7-13(15)10-9-12-6-2-3-8-14(12)16(17)18;1-5-6(2,3)4/h2-11H,1H3;1H3,(H,2,3,4)/q+1;/p-1/b10-9+;. The van der Waals surface area contributed by atoms with Gasteiger partial charge in [0.25, 0.3) is 5.69 Å². The Morgan fingerprint density at radius 3 is 2.25 bits per heavy atom. The highest BCUT2D eigenvalue weighted by Gasteiger charge is 2.09. The van der Waals surface area contributed by atoms with Crippen LogP contribution in [-0.2, 0) is 21.6 Å². The minimum atomic E-state index is -4.41. The van der Waals surface area contributed by atoms with Crippen molar-refractivity contribution in [2.24, 2.45) is 7.05 Å². The lowest BCUT2D eigenvalue weighted by Crippen LogP contribution is -2.30. The summed E-state index contributed by atoms with van der Waals surface area (Å²) in [6.45, 7) is 0. The van der Waals surface area contributed by atoms with Crippen molar-refractivity contribution in [3.63, 3.8) is 0 Å². The van der Waals surface area contributed by atoms with Gasteiger partial charge in [-0.2, -0.15) is 0 Å². The molecule has 1 aromatic carbocycles. The molecule has 0 amide bonds. The maximum Gasteiger partial charge on any atom is 0.276 e. The van der Waals surface area contributed by atoms with Crippen molar-refractivity contribution in [2.75, 3.05) is 7.11 Å². The van der Waals surface area contributed by atoms with Crippen LogP contribution in [0.2, 0.25) is 0 Å². The highest BCUT2D eigenvalue weighted by Crippen LogP contribution is 2.19. The van der Waals surface area contributed by atoms with Crippen molar-refractivity contribution in [3.8, 4) is 0 Å². The van der Waals surface area contributed by atoms with Crippen LogP contribution < -0.4 is 4.57 Å². The van der Waals surface area contributed by atoms with Gasteiger partial charge in [0.1, 0.15) is 7.05 Å². The minimum Gasteiger partial charge on any atom is -0.726 e. The Kier molecular flexibility index (Phi) is 7.18. The molecule has 1 heterocycles. The largest absolute Gasteiger partial charge is 0.726 e. The van der Waals surface area contributed by atoms with Gasteiger partial charge in [0.15, 0.2) is 6.20 Å². The number of nitro groups is 1. The van der Waals surface area contributed by atoms with Crippen LogP contribution in [-0.4, -0.2) is 25.0 Å². The summed E-state index contributed by atoms with van der Waals surface area (Å²) in [7, 11) is -1.67. The van der Waals surface area contributed by atoms with Crippen molar-refractivity contribution >= 4 is 28.2 Å². The van der Waals surface area contributed by atoms with Gasteiger partial charge in [0, 0.05) is 24.3 Å². The molecule has 0 aliphatic carbocycles. The van der Waals surface area contributed by atoms with Gasteiger partial charge in [0.05, 0.1) is 17.6 Å². The van der Waals surface area contributed by atoms with Crippen molar-refractivity contribution in [1.82, 2.24) is 0 Å². The number of hydrogen-bond donors (Lipinski definition) is 0. The summed E-state index contributed by atoms with van der Waals surface area (Å²) >= 11 is 0. The fourth-order valence-electron chi connectivity index (χ4n) is 1.68. The molecule has 0 spiro atoms. The van der Waals surface area contributed by atoms with E-state index in [2.05, 4.69) is 4.18 Å². The third kappa shape index (κ3) is 6.65. The van der Waals surface area contributed by atoms with Crippen molar-refractivity contribution in [2.45, 2.75) is 0 Å². The molecule has 0 fully saturated rings. The number of nitrogens with zero attached hydrogens (tertiary/aromatic N) is 2. The predicted octanol–water partition coefficient (Wildman–Crippen LogP) is 1.68. The Bertz CT molecular complexity index is 833. The van der Waals surface area contributed by atoms with E-state index in [4.69, 9.17) is 0 Å². The maximum atomic E-state index is 10.9. The summed E-state index contributed by atoms with van der Waals surface area (Å²) in [6, 6.07) is 12.5. The number of rotatable bonds is 4. The molecule has 2 rings (SSSR count). The van der Waals surface area contributed by atoms with Gasteiger partial charge < -0.3 is 4.55 Å². The molecule has 2 aromatic rings. The van der Waals surface area contributed by atoms with E-state index in [0.717, 1.165) is 12.8 Å². The smallest absolute Gasteiger partial charge is 0.276 e. The van der Waals surface area contributed by atoms with Gasteiger partial charge in [-0.3, -0.25) is 14.3 Å². The SMILES string of the molecule is COS(=O)(=O)[O-].C[n+]1ccccc1/C=C/c1ccccc1[N+](=O)[O-]. The van der Waals surface area contributed by atoms with E-state index in [1.165, 1.54) is 6.07 Å². The van der Waals surface area contributed by atoms with Gasteiger partial charge in [-0.25, -0.2) is 13.0 Å². The van der Waals surface area contributed by atoms with Gasteiger partial charge in [-0.15, -0.1) is 0 Å². The van der Waals surface area contributed by atoms with E-state index in [-0.39, 0.29) is 10.6 Å². The molecule has 0 saturated carbocycles. The fourth-order valence-corrected chi connectivity index (χ4v) is 1.68. The van der Waals surface area contributed by atoms with Crippen molar-refractivity contribution in [3.05, 3.63) is 70.0 Å². The predicted molar refractivity (Wildman–Crippen MR) is 86.3 cm³/mol. The summed E-state index contributed by atoms with van der Waals surface area (Å²) in [6.07, 6.45) is 5.55. The van der Waals surface area contributed by atoms with E-state index in [1.54, 1.807) is 24.3 Å². The molecule has 0 unspecified atom stereocenters. The van der Waals surface area contributed by atoms with Crippen LogP contribution >= 0.6 is 0 Å². The number of para-hydroxylation sites is 1. The fraction of sp³-hybridized carbons (Fsp3) is 0.133. The first-order chi connectivity index (χ1) is 11.2. The normalized spacial score (nSPS) is 11.0. The summed E-state index contributed by atoms with van der Waals surface area (Å²) < 4.78 is 33.0. The number of hydrogen-bond acceptors (Lipinski definition) is 6. The molecule has 0 aliphatic rings. The summed E-state index contributed by atoms with van der Waals surface area (Å²) in [5.41, 5.74) is 1.70. The highest BCUT2D eigenvalue weighted by atomic mass is 32.3. The van der Waals surface area contributed by atoms with Gasteiger partial charge in [-0.05, 0) is 18.2 Å². The van der Waals surface area contributed by atoms with Crippen LogP contribution in [0.15, 0.2) is 48.7 Å². The van der Waals surface area contributed by atoms with Crippen LogP contribution in [0.3, 0.4) is 0 Å². The third-order valence-electron chi connectivity index (χ3n) is 2.87. The van der Waals surface area contributed by atoms with Crippen LogP contribution in [0.25, 0.3) is 12.2 Å². The molecule has 128 valence electrons. The average Bonchev–Trinajstić information content (AvgIpc) is 2.54. The Balaban J connectivity index is 0.000000413. The first-order valence-electron chi connectivity index (χ1n) is 6.62. The lowest BCUT2D eigenvalue weighted by atomic mass is 10.1. The van der Waals surface area contributed by atoms with Gasteiger partial charge in [0.2, 0.25) is 16.1 Å². The van der Waals surface area contributed by atoms with Crippen LogP contribution in [0.4, 0.5) is 5.69 Å². The molecule has 9 heteroatoms. The molecular weight excluding hydrogens is 336 g/mol. The lowest BCUT2D eigenvalue weighted by Gasteiger charge is -1.98. The third-order valence-corrected chi connectivity index (χ3v) is 3.27. The van der Waals surface area contributed by atoms with Crippen LogP contribution in [0, 0.1) is 10.1 Å². The molecule has 0 aliphatic heterocycles. The molecule has 0 radical (unpaired) electrons. The summed E-state index contributed by atoms with van der Waals surface area (Å²) in [4.78, 5) is 10.5. The van der Waals surface area contributed by atoms with Gasteiger partial charge >= 0.3 is 0 Å². The molecule has 0 saturated heterocycles. The van der Waals surface area contributed by atoms with E-state index in [1.807, 2.05) is 42.1 Å². The number of aromatic nitrogens is 1. The van der Waals surface area contributed by atoms with Gasteiger partial charge in [-0.1, -0.05) is 12.1 Å². The zero-order chi connectivity index (χ0) is 18.2. The quantitative estimate of drug-likeness (QED) is 0.272. The minimum absolute atomic E-state index is 0.118. The molecule has 1 aromatic heterocycles. The maximum absolute atomic E-state index is 10.9. The topological polar surface area (TPSA) is 113 Å². The second kappa shape index (κ2) is 8.87. The zero-order valence-electron chi connectivity index (χ0n) is 13.0. The zero-order valence-corrected chi connectivity index (χ0v) is 13.8. The Morgan fingerprint density at radius 2 is 1.71 bits per heavy atom. The highest BCUT2D eigenvalue weighted by molar-refractivity contribution is 7.80. The number of pyridine rings is 1. The van der Waals surface area contributed by atoms with Crippen molar-refractivity contribution in [1.29, 1.82) is 0 Å². The van der Waals surface area contributed by atoms with Crippen molar-refractivity contribution < 1.29 is 26.6 Å². The lowest BCUT2D eigenvalue weighted by molar-refractivity contribution is -0.673. The molecule has 24 heavy (non-hydrogen) atoms. The first kappa shape index (κ1) is 19.4. The van der Waals surface area contributed by atoms with E-state index < -0.39 is 10.4 Å². The molecule has 0 N–H and O–H groups in total. The number of nitro benzene ring substituents is 1. The van der Waals surface area contributed by atoms with E-state index in [9.17, 15) is 23.1 Å². The Labute approximate surface area is 139 Å². The molecular formula is C15H16N2O6S. The first-order valence-corrected chi connectivity index (χ1v) is 7.95. The van der Waals surface area contributed by atoms with E-state index >= 15 is 0 Å². The second-order valence-electron chi connectivity index (χ2n) is 4.46. The average molecular weight is 352 g/mol.